The summed E-state index contributed by atoms with van der Waals surface area (Å²) >= 11 is 0. The van der Waals surface area contributed by atoms with E-state index >= 15 is 0 Å². The average Bonchev–Trinajstić information content (AvgIpc) is 2.53. The molecule has 0 saturated carbocycles. The third kappa shape index (κ3) is 4.14. The molecule has 1 heterocycles. The highest BCUT2D eigenvalue weighted by molar-refractivity contribution is 7.89. The Labute approximate surface area is 124 Å². The summed E-state index contributed by atoms with van der Waals surface area (Å²) in [5.41, 5.74) is 6.23. The van der Waals surface area contributed by atoms with Crippen molar-refractivity contribution in [2.45, 2.75) is 17.5 Å². The van der Waals surface area contributed by atoms with Crippen molar-refractivity contribution in [3.63, 3.8) is 0 Å². The van der Waals surface area contributed by atoms with E-state index in [1.54, 1.807) is 6.07 Å². The van der Waals surface area contributed by atoms with Crippen LogP contribution in [-0.2, 0) is 26.0 Å². The van der Waals surface area contributed by atoms with Gasteiger partial charge in [-0.25, -0.2) is 13.1 Å². The van der Waals surface area contributed by atoms with Crippen LogP contribution in [0.3, 0.4) is 0 Å². The van der Waals surface area contributed by atoms with Crippen molar-refractivity contribution in [1.82, 2.24) is 4.72 Å². The second kappa shape index (κ2) is 7.19. The van der Waals surface area contributed by atoms with Gasteiger partial charge in [-0.1, -0.05) is 0 Å². The van der Waals surface area contributed by atoms with E-state index in [1.807, 2.05) is 0 Å². The lowest BCUT2D eigenvalue weighted by Crippen LogP contribution is -2.39. The number of ether oxygens (including phenoxy) is 3. The molecule has 1 aromatic carbocycles. The molecule has 0 spiro atoms. The van der Waals surface area contributed by atoms with Crippen molar-refractivity contribution in [3.05, 3.63) is 23.8 Å². The fraction of sp³-hybridized carbons (Fsp3) is 0.538. The van der Waals surface area contributed by atoms with Gasteiger partial charge in [0.25, 0.3) is 0 Å². The van der Waals surface area contributed by atoms with E-state index in [4.69, 9.17) is 19.9 Å². The first-order chi connectivity index (χ1) is 10.1. The van der Waals surface area contributed by atoms with Crippen molar-refractivity contribution >= 4 is 10.0 Å². The van der Waals surface area contributed by atoms with Gasteiger partial charge in [0.05, 0.1) is 37.9 Å². The standard InChI is InChI=1S/C13H20N2O5S/c1-18-13-3-2-12(6-10(13)7-14)21(16,17)15-8-11-9-19-4-5-20-11/h2-3,6,11,15H,4-5,7-9,14H2,1H3. The minimum atomic E-state index is -3.61. The number of nitrogens with one attached hydrogen (secondary N) is 1. The second-order valence-corrected chi connectivity index (χ2v) is 6.36. The summed E-state index contributed by atoms with van der Waals surface area (Å²) in [6, 6.07) is 4.59. The summed E-state index contributed by atoms with van der Waals surface area (Å²) in [7, 11) is -2.10. The van der Waals surface area contributed by atoms with Crippen LogP contribution in [0, 0.1) is 0 Å². The molecule has 1 saturated heterocycles. The zero-order chi connectivity index (χ0) is 15.3. The van der Waals surface area contributed by atoms with Crippen LogP contribution in [0.4, 0.5) is 0 Å². The third-order valence-electron chi connectivity index (χ3n) is 3.17. The first-order valence-corrected chi connectivity index (χ1v) is 8.11. The summed E-state index contributed by atoms with van der Waals surface area (Å²) in [6.07, 6.45) is -0.263. The van der Waals surface area contributed by atoms with Gasteiger partial charge in [-0.15, -0.1) is 0 Å². The van der Waals surface area contributed by atoms with Gasteiger partial charge in [0, 0.05) is 18.7 Å². The van der Waals surface area contributed by atoms with E-state index in [1.165, 1.54) is 19.2 Å². The molecule has 3 N–H and O–H groups in total. The van der Waals surface area contributed by atoms with Crippen LogP contribution in [-0.4, -0.2) is 48.0 Å². The molecular formula is C13H20N2O5S. The van der Waals surface area contributed by atoms with Gasteiger partial charge in [0.2, 0.25) is 10.0 Å². The van der Waals surface area contributed by atoms with Gasteiger partial charge in [0.15, 0.2) is 0 Å². The molecule has 1 fully saturated rings. The molecule has 1 unspecified atom stereocenters. The Morgan fingerprint density at radius 1 is 1.43 bits per heavy atom. The van der Waals surface area contributed by atoms with Crippen LogP contribution in [0.1, 0.15) is 5.56 Å². The normalized spacial score (nSPS) is 19.4. The van der Waals surface area contributed by atoms with Crippen LogP contribution in [0.5, 0.6) is 5.75 Å². The number of rotatable bonds is 6. The van der Waals surface area contributed by atoms with Crippen LogP contribution >= 0.6 is 0 Å². The lowest BCUT2D eigenvalue weighted by Gasteiger charge is -2.23. The van der Waals surface area contributed by atoms with E-state index in [9.17, 15) is 8.42 Å². The van der Waals surface area contributed by atoms with Crippen molar-refractivity contribution in [2.75, 3.05) is 33.5 Å². The number of nitrogens with two attached hydrogens (primary N) is 1. The molecular weight excluding hydrogens is 296 g/mol. The van der Waals surface area contributed by atoms with E-state index in [2.05, 4.69) is 4.72 Å². The van der Waals surface area contributed by atoms with Crippen molar-refractivity contribution in [1.29, 1.82) is 0 Å². The van der Waals surface area contributed by atoms with E-state index in [0.29, 0.717) is 31.1 Å². The smallest absolute Gasteiger partial charge is 0.240 e. The molecule has 0 amide bonds. The number of hydrogen-bond acceptors (Lipinski definition) is 6. The zero-order valence-electron chi connectivity index (χ0n) is 11.9. The zero-order valence-corrected chi connectivity index (χ0v) is 12.7. The molecule has 1 aliphatic heterocycles. The van der Waals surface area contributed by atoms with Crippen LogP contribution in [0.15, 0.2) is 23.1 Å². The van der Waals surface area contributed by atoms with Crippen molar-refractivity contribution in [2.24, 2.45) is 5.73 Å². The van der Waals surface area contributed by atoms with Crippen LogP contribution < -0.4 is 15.2 Å². The molecule has 7 nitrogen and oxygen atoms in total. The van der Waals surface area contributed by atoms with Gasteiger partial charge in [-0.2, -0.15) is 0 Å². The minimum absolute atomic E-state index is 0.153. The summed E-state index contributed by atoms with van der Waals surface area (Å²) in [6.45, 7) is 1.78. The van der Waals surface area contributed by atoms with Gasteiger partial charge < -0.3 is 19.9 Å². The maximum absolute atomic E-state index is 12.3. The fourth-order valence-electron chi connectivity index (χ4n) is 2.02. The van der Waals surface area contributed by atoms with Crippen LogP contribution in [0.2, 0.25) is 0 Å². The molecule has 8 heteroatoms. The van der Waals surface area contributed by atoms with Gasteiger partial charge in [0.1, 0.15) is 5.75 Å². The lowest BCUT2D eigenvalue weighted by atomic mass is 10.2. The Balaban J connectivity index is 2.07. The number of sulfonamides is 1. The monoisotopic (exact) mass is 316 g/mol. The van der Waals surface area contributed by atoms with Gasteiger partial charge >= 0.3 is 0 Å². The first kappa shape index (κ1) is 16.2. The Hall–Kier alpha value is -1.19. The molecule has 2 rings (SSSR count). The molecule has 0 aliphatic carbocycles. The van der Waals surface area contributed by atoms with E-state index in [0.717, 1.165) is 0 Å². The lowest BCUT2D eigenvalue weighted by molar-refractivity contribution is -0.0846. The number of hydrogen-bond donors (Lipinski definition) is 2. The highest BCUT2D eigenvalue weighted by Gasteiger charge is 2.20. The summed E-state index contributed by atoms with van der Waals surface area (Å²) in [4.78, 5) is 0.153. The average molecular weight is 316 g/mol. The quantitative estimate of drug-likeness (QED) is 0.757. The molecule has 0 bridgehead atoms. The SMILES string of the molecule is COc1ccc(S(=O)(=O)NCC2COCCO2)cc1CN. The third-order valence-corrected chi connectivity index (χ3v) is 4.59. The first-order valence-electron chi connectivity index (χ1n) is 6.63. The molecule has 0 aromatic heterocycles. The maximum atomic E-state index is 12.3. The highest BCUT2D eigenvalue weighted by Crippen LogP contribution is 2.21. The second-order valence-electron chi connectivity index (χ2n) is 4.60. The van der Waals surface area contributed by atoms with E-state index in [-0.39, 0.29) is 24.1 Å². The molecule has 1 aliphatic rings. The molecule has 1 atom stereocenters. The molecule has 21 heavy (non-hydrogen) atoms. The topological polar surface area (TPSA) is 99.9 Å². The summed E-state index contributed by atoms with van der Waals surface area (Å²) in [5.74, 6) is 0.570. The highest BCUT2D eigenvalue weighted by atomic mass is 32.2. The van der Waals surface area contributed by atoms with Gasteiger partial charge in [-0.05, 0) is 18.2 Å². The largest absolute Gasteiger partial charge is 0.496 e. The van der Waals surface area contributed by atoms with Crippen molar-refractivity contribution in [3.8, 4) is 5.75 Å². The predicted octanol–water partition coefficient (Wildman–Crippen LogP) is -0.152. The Kier molecular flexibility index (Phi) is 5.54. The molecule has 0 radical (unpaired) electrons. The van der Waals surface area contributed by atoms with Crippen molar-refractivity contribution < 1.29 is 22.6 Å². The fourth-order valence-corrected chi connectivity index (χ4v) is 3.14. The number of methoxy groups -OCH3 is 1. The molecule has 118 valence electrons. The predicted molar refractivity (Wildman–Crippen MR) is 76.6 cm³/mol. The van der Waals surface area contributed by atoms with E-state index < -0.39 is 10.0 Å². The molecule has 1 aromatic rings. The number of benzene rings is 1. The summed E-state index contributed by atoms with van der Waals surface area (Å²) in [5, 5.41) is 0. The Bertz CT molecular complexity index is 570. The van der Waals surface area contributed by atoms with Crippen LogP contribution in [0.25, 0.3) is 0 Å². The minimum Gasteiger partial charge on any atom is -0.496 e. The Morgan fingerprint density at radius 3 is 2.86 bits per heavy atom. The van der Waals surface area contributed by atoms with Gasteiger partial charge in [-0.3, -0.25) is 0 Å². The maximum Gasteiger partial charge on any atom is 0.240 e. The summed E-state index contributed by atoms with van der Waals surface area (Å²) < 4.78 is 42.8. The Morgan fingerprint density at radius 2 is 2.24 bits per heavy atom.